The summed E-state index contributed by atoms with van der Waals surface area (Å²) in [4.78, 5) is 4.70. The normalized spacial score (nSPS) is 29.5. The molecular formula is C18H25N3. The highest BCUT2D eigenvalue weighted by atomic mass is 15.2. The van der Waals surface area contributed by atoms with Gasteiger partial charge in [-0.2, -0.15) is 5.10 Å². The maximum atomic E-state index is 4.70. The van der Waals surface area contributed by atoms with Crippen molar-refractivity contribution >= 4 is 0 Å². The summed E-state index contributed by atoms with van der Waals surface area (Å²) in [5.41, 5.74) is 1.08. The zero-order valence-corrected chi connectivity index (χ0v) is 13.2. The molecule has 2 aromatic rings. The molecule has 112 valence electrons. The summed E-state index contributed by atoms with van der Waals surface area (Å²) in [7, 11) is 0. The highest BCUT2D eigenvalue weighted by Gasteiger charge is 2.31. The molecule has 21 heavy (non-hydrogen) atoms. The summed E-state index contributed by atoms with van der Waals surface area (Å²) in [6, 6.07) is 10.2. The number of hydrogen-bond donors (Lipinski definition) is 1. The van der Waals surface area contributed by atoms with E-state index in [2.05, 4.69) is 43.1 Å². The fourth-order valence-electron chi connectivity index (χ4n) is 4.00. The topological polar surface area (TPSA) is 41.6 Å². The average molecular weight is 283 g/mol. The Kier molecular flexibility index (Phi) is 4.09. The van der Waals surface area contributed by atoms with Crippen LogP contribution in [0.4, 0.5) is 0 Å². The second-order valence-corrected chi connectivity index (χ2v) is 6.87. The lowest BCUT2D eigenvalue weighted by Gasteiger charge is -2.37. The van der Waals surface area contributed by atoms with E-state index in [0.29, 0.717) is 0 Å². The van der Waals surface area contributed by atoms with Crippen molar-refractivity contribution in [3.8, 4) is 11.4 Å². The number of aromatic nitrogens is 3. The molecule has 3 nitrogen and oxygen atoms in total. The van der Waals surface area contributed by atoms with Crippen LogP contribution in [0.15, 0.2) is 30.3 Å². The molecule has 1 aromatic carbocycles. The highest BCUT2D eigenvalue weighted by Crippen LogP contribution is 2.39. The van der Waals surface area contributed by atoms with Crippen LogP contribution in [0.3, 0.4) is 0 Å². The number of benzene rings is 1. The lowest BCUT2D eigenvalue weighted by atomic mass is 9.68. The average Bonchev–Trinajstić information content (AvgIpc) is 2.92. The SMILES string of the molecule is CC1CC(C)C(Cc2nc(-c3ccccc3)n[nH]2)C(C)C1. The molecule has 0 spiro atoms. The van der Waals surface area contributed by atoms with Gasteiger partial charge in [-0.05, 0) is 36.5 Å². The van der Waals surface area contributed by atoms with Crippen LogP contribution in [0.1, 0.15) is 39.4 Å². The van der Waals surface area contributed by atoms with E-state index in [-0.39, 0.29) is 0 Å². The molecule has 1 heterocycles. The number of rotatable bonds is 3. The summed E-state index contributed by atoms with van der Waals surface area (Å²) in [5.74, 6) is 4.98. The van der Waals surface area contributed by atoms with Crippen LogP contribution in [-0.4, -0.2) is 15.2 Å². The molecule has 1 aliphatic rings. The second-order valence-electron chi connectivity index (χ2n) is 6.87. The Morgan fingerprint density at radius 3 is 2.38 bits per heavy atom. The van der Waals surface area contributed by atoms with E-state index in [1.807, 2.05) is 18.2 Å². The largest absolute Gasteiger partial charge is 0.263 e. The summed E-state index contributed by atoms with van der Waals surface area (Å²) >= 11 is 0. The molecule has 1 aliphatic carbocycles. The van der Waals surface area contributed by atoms with Crippen molar-refractivity contribution in [1.29, 1.82) is 0 Å². The van der Waals surface area contributed by atoms with Crippen molar-refractivity contribution in [2.45, 2.75) is 40.0 Å². The lowest BCUT2D eigenvalue weighted by Crippen LogP contribution is -2.30. The van der Waals surface area contributed by atoms with Gasteiger partial charge >= 0.3 is 0 Å². The first-order chi connectivity index (χ1) is 10.1. The van der Waals surface area contributed by atoms with Gasteiger partial charge < -0.3 is 0 Å². The van der Waals surface area contributed by atoms with Crippen molar-refractivity contribution in [1.82, 2.24) is 15.2 Å². The first kappa shape index (κ1) is 14.3. The van der Waals surface area contributed by atoms with E-state index >= 15 is 0 Å². The van der Waals surface area contributed by atoms with E-state index in [9.17, 15) is 0 Å². The predicted octanol–water partition coefficient (Wildman–Crippen LogP) is 4.33. The van der Waals surface area contributed by atoms with Crippen molar-refractivity contribution in [3.63, 3.8) is 0 Å². The summed E-state index contributed by atoms with van der Waals surface area (Å²) in [6.45, 7) is 7.17. The smallest absolute Gasteiger partial charge is 0.181 e. The third kappa shape index (κ3) is 3.17. The first-order valence-corrected chi connectivity index (χ1v) is 8.10. The molecule has 1 N–H and O–H groups in total. The number of nitrogens with zero attached hydrogens (tertiary/aromatic N) is 2. The molecule has 3 rings (SSSR count). The Balaban J connectivity index is 1.73. The summed E-state index contributed by atoms with van der Waals surface area (Å²) in [6.07, 6.45) is 3.71. The molecule has 0 radical (unpaired) electrons. The van der Waals surface area contributed by atoms with E-state index in [1.54, 1.807) is 0 Å². The zero-order valence-electron chi connectivity index (χ0n) is 13.2. The molecule has 2 unspecified atom stereocenters. The van der Waals surface area contributed by atoms with Crippen molar-refractivity contribution in [3.05, 3.63) is 36.2 Å². The molecule has 1 fully saturated rings. The van der Waals surface area contributed by atoms with E-state index in [1.165, 1.54) is 12.8 Å². The van der Waals surface area contributed by atoms with Crippen LogP contribution in [-0.2, 0) is 6.42 Å². The molecular weight excluding hydrogens is 258 g/mol. The van der Waals surface area contributed by atoms with E-state index < -0.39 is 0 Å². The second kappa shape index (κ2) is 6.00. The van der Waals surface area contributed by atoms with Crippen LogP contribution < -0.4 is 0 Å². The Bertz CT molecular complexity index is 563. The van der Waals surface area contributed by atoms with Gasteiger partial charge in [0.25, 0.3) is 0 Å². The van der Waals surface area contributed by atoms with Crippen molar-refractivity contribution in [2.75, 3.05) is 0 Å². The van der Waals surface area contributed by atoms with Gasteiger partial charge in [-0.15, -0.1) is 0 Å². The van der Waals surface area contributed by atoms with Gasteiger partial charge in [0.1, 0.15) is 5.82 Å². The van der Waals surface area contributed by atoms with Gasteiger partial charge in [0, 0.05) is 12.0 Å². The van der Waals surface area contributed by atoms with Gasteiger partial charge in [0.05, 0.1) is 0 Å². The van der Waals surface area contributed by atoms with Gasteiger partial charge in [0.15, 0.2) is 5.82 Å². The van der Waals surface area contributed by atoms with Gasteiger partial charge in [-0.25, -0.2) is 4.98 Å². The standard InChI is InChI=1S/C18H25N3/c1-12-9-13(2)16(14(3)10-12)11-17-19-18(21-20-17)15-7-5-4-6-8-15/h4-8,12-14,16H,9-11H2,1-3H3,(H,19,20,21). The monoisotopic (exact) mass is 283 g/mol. The Morgan fingerprint density at radius 1 is 1.05 bits per heavy atom. The van der Waals surface area contributed by atoms with Crippen molar-refractivity contribution < 1.29 is 0 Å². The third-order valence-electron chi connectivity index (χ3n) is 5.00. The minimum atomic E-state index is 0.720. The quantitative estimate of drug-likeness (QED) is 0.910. The molecule has 0 aliphatic heterocycles. The number of nitrogens with one attached hydrogen (secondary N) is 1. The molecule has 1 saturated carbocycles. The minimum absolute atomic E-state index is 0.720. The lowest BCUT2D eigenvalue weighted by molar-refractivity contribution is 0.134. The van der Waals surface area contributed by atoms with Gasteiger partial charge in [-0.3, -0.25) is 5.10 Å². The van der Waals surface area contributed by atoms with E-state index in [0.717, 1.165) is 47.3 Å². The van der Waals surface area contributed by atoms with Gasteiger partial charge in [0.2, 0.25) is 0 Å². The third-order valence-corrected chi connectivity index (χ3v) is 5.00. The minimum Gasteiger partial charge on any atom is -0.263 e. The van der Waals surface area contributed by atoms with Crippen LogP contribution >= 0.6 is 0 Å². The number of hydrogen-bond acceptors (Lipinski definition) is 2. The van der Waals surface area contributed by atoms with Crippen LogP contribution in [0.5, 0.6) is 0 Å². The maximum Gasteiger partial charge on any atom is 0.181 e. The van der Waals surface area contributed by atoms with Crippen LogP contribution in [0, 0.1) is 23.7 Å². The molecule has 0 amide bonds. The fraction of sp³-hybridized carbons (Fsp3) is 0.556. The Labute approximate surface area is 127 Å². The molecule has 3 heteroatoms. The highest BCUT2D eigenvalue weighted by molar-refractivity contribution is 5.53. The zero-order chi connectivity index (χ0) is 14.8. The summed E-state index contributed by atoms with van der Waals surface area (Å²) < 4.78 is 0. The van der Waals surface area contributed by atoms with Crippen LogP contribution in [0.2, 0.25) is 0 Å². The maximum absolute atomic E-state index is 4.70. The fourth-order valence-corrected chi connectivity index (χ4v) is 4.00. The molecule has 0 bridgehead atoms. The predicted molar refractivity (Wildman–Crippen MR) is 85.7 cm³/mol. The molecule has 0 saturated heterocycles. The summed E-state index contributed by atoms with van der Waals surface area (Å²) in [5, 5.41) is 7.52. The Hall–Kier alpha value is -1.64. The first-order valence-electron chi connectivity index (χ1n) is 8.10. The van der Waals surface area contributed by atoms with Crippen LogP contribution in [0.25, 0.3) is 11.4 Å². The Morgan fingerprint density at radius 2 is 1.71 bits per heavy atom. The van der Waals surface area contributed by atoms with Crippen molar-refractivity contribution in [2.24, 2.45) is 23.7 Å². The molecule has 2 atom stereocenters. The van der Waals surface area contributed by atoms with E-state index in [4.69, 9.17) is 4.98 Å². The number of H-pyrrole nitrogens is 1. The number of aromatic amines is 1. The molecule has 1 aromatic heterocycles. The van der Waals surface area contributed by atoms with Gasteiger partial charge in [-0.1, -0.05) is 51.1 Å².